The molecule has 0 radical (unpaired) electrons. The molecule has 2 aromatic rings. The van der Waals surface area contributed by atoms with Crippen LogP contribution in [0.25, 0.3) is 0 Å². The van der Waals surface area contributed by atoms with Crippen LogP contribution in [0.5, 0.6) is 0 Å². The predicted octanol–water partition coefficient (Wildman–Crippen LogP) is 2.04. The Morgan fingerprint density at radius 2 is 1.48 bits per heavy atom. The van der Waals surface area contributed by atoms with Crippen molar-refractivity contribution in [2.45, 2.75) is 18.9 Å². The summed E-state index contributed by atoms with van der Waals surface area (Å²) in [5.41, 5.74) is 7.29. The molecule has 0 amide bonds. The Hall–Kier alpha value is -2.66. The highest BCUT2D eigenvalue weighted by Crippen LogP contribution is 2.01. The van der Waals surface area contributed by atoms with Crippen molar-refractivity contribution in [3.63, 3.8) is 0 Å². The summed E-state index contributed by atoms with van der Waals surface area (Å²) in [6.45, 7) is 0. The molecule has 5 nitrogen and oxygen atoms in total. The van der Waals surface area contributed by atoms with E-state index < -0.39 is 12.0 Å². The topological polar surface area (TPSA) is 89.6 Å². The molecule has 5 heteroatoms. The number of ether oxygens (including phenoxy) is 1. The van der Waals surface area contributed by atoms with E-state index in [1.165, 1.54) is 7.11 Å². The normalized spacial score (nSPS) is 10.9. The Labute approximate surface area is 135 Å². The molecule has 3 N–H and O–H groups in total. The second-order valence-electron chi connectivity index (χ2n) is 4.87. The van der Waals surface area contributed by atoms with E-state index in [4.69, 9.17) is 10.8 Å². The molecule has 0 saturated heterocycles. The van der Waals surface area contributed by atoms with Crippen LogP contribution < -0.4 is 5.73 Å². The van der Waals surface area contributed by atoms with Crippen molar-refractivity contribution in [1.29, 1.82) is 0 Å². The maximum Gasteiger partial charge on any atom is 0.320 e. The number of carboxylic acid groups (broad SMARTS) is 1. The fraction of sp³-hybridized carbons (Fsp3) is 0.222. The van der Waals surface area contributed by atoms with Gasteiger partial charge >= 0.3 is 11.9 Å². The molecule has 2 aromatic carbocycles. The highest BCUT2D eigenvalue weighted by Gasteiger charge is 2.10. The molecule has 0 aromatic heterocycles. The average molecular weight is 315 g/mol. The van der Waals surface area contributed by atoms with E-state index >= 15 is 0 Å². The minimum absolute atomic E-state index is 0.198. The van der Waals surface area contributed by atoms with Crippen LogP contribution in [0.4, 0.5) is 0 Å². The molecule has 2 rings (SSSR count). The molecular formula is C18H21NO4. The molecule has 0 fully saturated rings. The summed E-state index contributed by atoms with van der Waals surface area (Å²) in [5, 5.41) is 8.52. The van der Waals surface area contributed by atoms with E-state index in [9.17, 15) is 9.59 Å². The zero-order chi connectivity index (χ0) is 17.1. The van der Waals surface area contributed by atoms with Gasteiger partial charge in [-0.05, 0) is 17.5 Å². The van der Waals surface area contributed by atoms with Gasteiger partial charge in [0.1, 0.15) is 6.04 Å². The lowest BCUT2D eigenvalue weighted by atomic mass is 10.1. The molecule has 0 saturated carbocycles. The lowest BCUT2D eigenvalue weighted by molar-refractivity contribution is -0.140. The molecule has 1 unspecified atom stereocenters. The van der Waals surface area contributed by atoms with Crippen molar-refractivity contribution in [3.8, 4) is 0 Å². The van der Waals surface area contributed by atoms with E-state index in [0.717, 1.165) is 11.1 Å². The van der Waals surface area contributed by atoms with E-state index in [1.807, 2.05) is 60.7 Å². The van der Waals surface area contributed by atoms with Crippen LogP contribution in [0.2, 0.25) is 0 Å². The van der Waals surface area contributed by atoms with Gasteiger partial charge in [-0.2, -0.15) is 0 Å². The molecule has 0 aliphatic carbocycles. The number of aliphatic carboxylic acids is 1. The number of methoxy groups -OCH3 is 1. The van der Waals surface area contributed by atoms with Crippen molar-refractivity contribution in [2.24, 2.45) is 5.73 Å². The summed E-state index contributed by atoms with van der Waals surface area (Å²) in [7, 11) is 1.39. The van der Waals surface area contributed by atoms with Crippen molar-refractivity contribution in [3.05, 3.63) is 71.8 Å². The van der Waals surface area contributed by atoms with Gasteiger partial charge in [-0.25, -0.2) is 0 Å². The number of hydrogen-bond acceptors (Lipinski definition) is 4. The molecule has 0 heterocycles. The minimum atomic E-state index is -0.959. The second kappa shape index (κ2) is 10.1. The smallest absolute Gasteiger partial charge is 0.320 e. The number of benzene rings is 2. The van der Waals surface area contributed by atoms with Gasteiger partial charge in [-0.1, -0.05) is 60.7 Å². The standard InChI is InChI=1S/C9H11NO2.C9H10O2/c10-8(9(11)12)6-7-4-2-1-3-5-7;1-11-9(10)7-8-5-3-2-4-6-8/h1-5,8H,6,10H2,(H,11,12);2-6H,7H2,1H3. The molecule has 23 heavy (non-hydrogen) atoms. The number of nitrogens with two attached hydrogens (primary N) is 1. The second-order valence-corrected chi connectivity index (χ2v) is 4.87. The first kappa shape index (κ1) is 18.4. The largest absolute Gasteiger partial charge is 0.480 e. The van der Waals surface area contributed by atoms with Crippen LogP contribution >= 0.6 is 0 Å². The SMILES string of the molecule is COC(=O)Cc1ccccc1.NC(Cc1ccccc1)C(=O)O. The fourth-order valence-corrected chi connectivity index (χ4v) is 1.79. The predicted molar refractivity (Wildman–Crippen MR) is 87.9 cm³/mol. The monoisotopic (exact) mass is 315 g/mol. The number of hydrogen-bond donors (Lipinski definition) is 2. The Morgan fingerprint density at radius 3 is 1.91 bits per heavy atom. The van der Waals surface area contributed by atoms with E-state index in [0.29, 0.717) is 12.8 Å². The van der Waals surface area contributed by atoms with E-state index in [-0.39, 0.29) is 5.97 Å². The third kappa shape index (κ3) is 7.78. The van der Waals surface area contributed by atoms with Crippen LogP contribution in [-0.2, 0) is 27.2 Å². The van der Waals surface area contributed by atoms with Crippen LogP contribution in [0.1, 0.15) is 11.1 Å². The molecule has 0 aliphatic rings. The maximum atomic E-state index is 10.8. The Kier molecular flexibility index (Phi) is 8.10. The van der Waals surface area contributed by atoms with E-state index in [1.54, 1.807) is 0 Å². The summed E-state index contributed by atoms with van der Waals surface area (Å²) in [6.07, 6.45) is 0.744. The zero-order valence-electron chi connectivity index (χ0n) is 13.0. The van der Waals surface area contributed by atoms with Gasteiger partial charge < -0.3 is 15.6 Å². The number of carbonyl (C=O) groups excluding carboxylic acids is 1. The van der Waals surface area contributed by atoms with Gasteiger partial charge in [0.2, 0.25) is 0 Å². The van der Waals surface area contributed by atoms with Crippen LogP contribution in [0.15, 0.2) is 60.7 Å². The lowest BCUT2D eigenvalue weighted by Crippen LogP contribution is -2.32. The molecule has 0 bridgehead atoms. The zero-order valence-corrected chi connectivity index (χ0v) is 13.0. The van der Waals surface area contributed by atoms with Crippen LogP contribution in [0.3, 0.4) is 0 Å². The Morgan fingerprint density at radius 1 is 1.00 bits per heavy atom. The van der Waals surface area contributed by atoms with Gasteiger partial charge in [0, 0.05) is 0 Å². The van der Waals surface area contributed by atoms with Crippen LogP contribution in [-0.4, -0.2) is 30.2 Å². The molecule has 122 valence electrons. The van der Waals surface area contributed by atoms with Crippen molar-refractivity contribution in [1.82, 2.24) is 0 Å². The first-order chi connectivity index (χ1) is 11.0. The third-order valence-electron chi connectivity index (χ3n) is 3.03. The number of rotatable bonds is 5. The summed E-state index contributed by atoms with van der Waals surface area (Å²) < 4.78 is 4.52. The fourth-order valence-electron chi connectivity index (χ4n) is 1.79. The molecule has 0 aliphatic heterocycles. The highest BCUT2D eigenvalue weighted by molar-refractivity contribution is 5.73. The number of carboxylic acids is 1. The van der Waals surface area contributed by atoms with Crippen molar-refractivity contribution in [2.75, 3.05) is 7.11 Å². The average Bonchev–Trinajstić information content (AvgIpc) is 2.57. The van der Waals surface area contributed by atoms with Gasteiger partial charge in [-0.15, -0.1) is 0 Å². The lowest BCUT2D eigenvalue weighted by Gasteiger charge is -2.04. The van der Waals surface area contributed by atoms with Crippen molar-refractivity contribution < 1.29 is 19.4 Å². The summed E-state index contributed by atoms with van der Waals surface area (Å²) in [4.78, 5) is 21.1. The minimum Gasteiger partial charge on any atom is -0.480 e. The van der Waals surface area contributed by atoms with Crippen LogP contribution in [0, 0.1) is 0 Å². The third-order valence-corrected chi connectivity index (χ3v) is 3.03. The Bertz CT molecular complexity index is 599. The van der Waals surface area contributed by atoms with E-state index in [2.05, 4.69) is 4.74 Å². The Balaban J connectivity index is 0.000000231. The molecule has 0 spiro atoms. The number of esters is 1. The first-order valence-electron chi connectivity index (χ1n) is 7.16. The number of carbonyl (C=O) groups is 2. The van der Waals surface area contributed by atoms with Crippen molar-refractivity contribution >= 4 is 11.9 Å². The summed E-state index contributed by atoms with van der Waals surface area (Å²) in [6, 6.07) is 18.1. The van der Waals surface area contributed by atoms with Gasteiger partial charge in [0.05, 0.1) is 13.5 Å². The first-order valence-corrected chi connectivity index (χ1v) is 7.16. The molecular weight excluding hydrogens is 294 g/mol. The summed E-state index contributed by atoms with van der Waals surface area (Å²) in [5.74, 6) is -1.16. The van der Waals surface area contributed by atoms with Gasteiger partial charge in [-0.3, -0.25) is 9.59 Å². The summed E-state index contributed by atoms with van der Waals surface area (Å²) >= 11 is 0. The van der Waals surface area contributed by atoms with Gasteiger partial charge in [0.25, 0.3) is 0 Å². The maximum absolute atomic E-state index is 10.8. The highest BCUT2D eigenvalue weighted by atomic mass is 16.5. The molecule has 1 atom stereocenters. The quantitative estimate of drug-likeness (QED) is 0.824. The van der Waals surface area contributed by atoms with Gasteiger partial charge in [0.15, 0.2) is 0 Å².